The first kappa shape index (κ1) is 17.6. The predicted octanol–water partition coefficient (Wildman–Crippen LogP) is 5.08. The van der Waals surface area contributed by atoms with Gasteiger partial charge in [0.1, 0.15) is 16.8 Å². The fourth-order valence-corrected chi connectivity index (χ4v) is 5.31. The summed E-state index contributed by atoms with van der Waals surface area (Å²) >= 11 is 0. The van der Waals surface area contributed by atoms with Crippen molar-refractivity contribution in [3.05, 3.63) is 89.4 Å². The number of aromatic amines is 1. The Bertz CT molecular complexity index is 1110. The van der Waals surface area contributed by atoms with Crippen molar-refractivity contribution in [2.75, 3.05) is 13.1 Å². The maximum atomic E-state index is 13.2. The van der Waals surface area contributed by atoms with Gasteiger partial charge in [-0.15, -0.1) is 0 Å². The zero-order valence-corrected chi connectivity index (χ0v) is 16.2. The quantitative estimate of drug-likeness (QED) is 0.663. The van der Waals surface area contributed by atoms with Crippen LogP contribution in [0.2, 0.25) is 0 Å². The maximum Gasteiger partial charge on any atom is 0.127 e. The first-order chi connectivity index (χ1) is 13.7. The molecule has 1 saturated heterocycles. The van der Waals surface area contributed by atoms with Gasteiger partial charge in [-0.05, 0) is 77.4 Å². The van der Waals surface area contributed by atoms with Crippen molar-refractivity contribution >= 4 is 21.9 Å². The molecule has 2 heterocycles. The monoisotopic (exact) mass is 392 g/mol. The van der Waals surface area contributed by atoms with Gasteiger partial charge in [0.2, 0.25) is 0 Å². The molecule has 1 aliphatic carbocycles. The molecule has 2 aromatic carbocycles. The number of hydrogen-bond donors (Lipinski definition) is 1. The number of fused-ring (bicyclic) bond motifs is 2. The van der Waals surface area contributed by atoms with Crippen LogP contribution >= 0.6 is 0 Å². The van der Waals surface area contributed by atoms with Crippen LogP contribution in [0, 0.1) is 5.82 Å². The lowest BCUT2D eigenvalue weighted by Crippen LogP contribution is -2.34. The average Bonchev–Trinajstić information content (AvgIpc) is 3.21. The maximum absolute atomic E-state index is 13.2. The standard InChI is InChI=1S/C23H21FN2OS/c24-21-4-6-22(7-5-21)28(27)26-12-10-16-1-2-17(14-20(16)15-26)18-3-8-23-19(13-18)9-11-25-23/h1,3-9,11,13-14,17,25H,2,10,12,15H2. The zero-order valence-electron chi connectivity index (χ0n) is 15.4. The van der Waals surface area contributed by atoms with Crippen molar-refractivity contribution in [2.24, 2.45) is 0 Å². The predicted molar refractivity (Wildman–Crippen MR) is 111 cm³/mol. The fraction of sp³-hybridized carbons (Fsp3) is 0.217. The molecule has 5 rings (SSSR count). The molecule has 0 saturated carbocycles. The molecule has 0 amide bonds. The lowest BCUT2D eigenvalue weighted by atomic mass is 9.83. The summed E-state index contributed by atoms with van der Waals surface area (Å²) in [7, 11) is -1.27. The molecule has 5 heteroatoms. The van der Waals surface area contributed by atoms with Gasteiger partial charge in [-0.1, -0.05) is 18.2 Å². The third-order valence-corrected chi connectivity index (χ3v) is 7.12. The topological polar surface area (TPSA) is 36.1 Å². The number of piperidine rings is 1. The van der Waals surface area contributed by atoms with Crippen LogP contribution in [0.3, 0.4) is 0 Å². The number of halogens is 1. The Labute approximate surface area is 166 Å². The average molecular weight is 392 g/mol. The number of H-pyrrole nitrogens is 1. The summed E-state index contributed by atoms with van der Waals surface area (Å²) in [5.74, 6) is 0.0408. The van der Waals surface area contributed by atoms with E-state index in [-0.39, 0.29) is 5.82 Å². The SMILES string of the molecule is O=S(c1ccc(F)cc1)N1CCC2=CCC(c3ccc4[nH]ccc4c3)C=C2C1. The van der Waals surface area contributed by atoms with Crippen LogP contribution in [0.15, 0.2) is 82.9 Å². The van der Waals surface area contributed by atoms with Crippen molar-refractivity contribution < 1.29 is 8.60 Å². The number of nitrogens with zero attached hydrogens (tertiary/aromatic N) is 1. The Morgan fingerprint density at radius 1 is 1.07 bits per heavy atom. The van der Waals surface area contributed by atoms with Crippen LogP contribution in [0.5, 0.6) is 0 Å². The lowest BCUT2D eigenvalue weighted by molar-refractivity contribution is 0.451. The molecule has 1 fully saturated rings. The zero-order chi connectivity index (χ0) is 19.1. The Morgan fingerprint density at radius 2 is 1.93 bits per heavy atom. The Balaban J connectivity index is 1.38. The molecule has 2 unspecified atom stereocenters. The van der Waals surface area contributed by atoms with Gasteiger partial charge in [0.05, 0.1) is 4.90 Å². The smallest absolute Gasteiger partial charge is 0.127 e. The summed E-state index contributed by atoms with van der Waals surface area (Å²) in [4.78, 5) is 3.89. The number of aromatic nitrogens is 1. The second-order valence-corrected chi connectivity index (χ2v) is 8.89. The van der Waals surface area contributed by atoms with Crippen molar-refractivity contribution in [1.29, 1.82) is 0 Å². The number of benzene rings is 2. The van der Waals surface area contributed by atoms with E-state index in [9.17, 15) is 8.60 Å². The van der Waals surface area contributed by atoms with Gasteiger partial charge >= 0.3 is 0 Å². The van der Waals surface area contributed by atoms with Crippen LogP contribution in [0.25, 0.3) is 10.9 Å². The van der Waals surface area contributed by atoms with E-state index >= 15 is 0 Å². The Morgan fingerprint density at radius 3 is 2.79 bits per heavy atom. The van der Waals surface area contributed by atoms with E-state index in [1.165, 1.54) is 34.2 Å². The Kier molecular flexibility index (Phi) is 4.49. The molecule has 142 valence electrons. The molecule has 0 spiro atoms. The van der Waals surface area contributed by atoms with E-state index in [1.807, 2.05) is 10.5 Å². The molecular weight excluding hydrogens is 371 g/mol. The minimum atomic E-state index is -1.27. The largest absolute Gasteiger partial charge is 0.361 e. The first-order valence-corrected chi connectivity index (χ1v) is 10.7. The lowest BCUT2D eigenvalue weighted by Gasteiger charge is -2.32. The Hall–Kier alpha value is -2.50. The fourth-order valence-electron chi connectivity index (χ4n) is 4.13. The minimum Gasteiger partial charge on any atom is -0.361 e. The first-order valence-electron chi connectivity index (χ1n) is 9.57. The highest BCUT2D eigenvalue weighted by atomic mass is 32.2. The van der Waals surface area contributed by atoms with Crippen LogP contribution in [-0.4, -0.2) is 26.6 Å². The second-order valence-electron chi connectivity index (χ2n) is 7.40. The number of nitrogens with one attached hydrogen (secondary N) is 1. The van der Waals surface area contributed by atoms with Gasteiger partial charge in [0.25, 0.3) is 0 Å². The van der Waals surface area contributed by atoms with E-state index in [2.05, 4.69) is 41.4 Å². The molecule has 0 bridgehead atoms. The van der Waals surface area contributed by atoms with Gasteiger partial charge in [-0.25, -0.2) is 12.9 Å². The van der Waals surface area contributed by atoms with Crippen LogP contribution < -0.4 is 0 Å². The molecule has 2 atom stereocenters. The highest BCUT2D eigenvalue weighted by molar-refractivity contribution is 7.82. The minimum absolute atomic E-state index is 0.304. The van der Waals surface area contributed by atoms with Gasteiger partial charge in [-0.3, -0.25) is 0 Å². The molecule has 1 N–H and O–H groups in total. The van der Waals surface area contributed by atoms with E-state index in [0.29, 0.717) is 17.4 Å². The molecule has 3 nitrogen and oxygen atoms in total. The summed E-state index contributed by atoms with van der Waals surface area (Å²) in [6, 6.07) is 14.6. The third kappa shape index (κ3) is 3.25. The number of allylic oxidation sites excluding steroid dienone is 2. The molecule has 28 heavy (non-hydrogen) atoms. The third-order valence-electron chi connectivity index (χ3n) is 5.67. The second kappa shape index (κ2) is 7.15. The van der Waals surface area contributed by atoms with E-state index in [4.69, 9.17) is 0 Å². The van der Waals surface area contributed by atoms with Crippen LogP contribution in [-0.2, 0) is 11.0 Å². The van der Waals surface area contributed by atoms with Crippen LogP contribution in [0.4, 0.5) is 4.39 Å². The van der Waals surface area contributed by atoms with Gasteiger partial charge in [0.15, 0.2) is 0 Å². The molecule has 1 aromatic heterocycles. The van der Waals surface area contributed by atoms with Crippen molar-refractivity contribution in [3.63, 3.8) is 0 Å². The summed E-state index contributed by atoms with van der Waals surface area (Å²) in [5.41, 5.74) is 5.12. The normalized spacial score (nSPS) is 21.1. The number of hydrogen-bond acceptors (Lipinski definition) is 1. The summed E-state index contributed by atoms with van der Waals surface area (Å²) in [5, 5.41) is 1.23. The number of rotatable bonds is 3. The van der Waals surface area contributed by atoms with Gasteiger partial charge in [-0.2, -0.15) is 0 Å². The molecule has 1 aliphatic heterocycles. The molecule has 3 aromatic rings. The van der Waals surface area contributed by atoms with Crippen molar-refractivity contribution in [3.8, 4) is 0 Å². The van der Waals surface area contributed by atoms with Crippen molar-refractivity contribution in [2.45, 2.75) is 23.7 Å². The van der Waals surface area contributed by atoms with Crippen LogP contribution in [0.1, 0.15) is 24.3 Å². The van der Waals surface area contributed by atoms with E-state index in [0.717, 1.165) is 24.9 Å². The highest BCUT2D eigenvalue weighted by Crippen LogP contribution is 2.36. The summed E-state index contributed by atoms with van der Waals surface area (Å²) in [6.07, 6.45) is 8.57. The summed E-state index contributed by atoms with van der Waals surface area (Å²) in [6.45, 7) is 1.42. The van der Waals surface area contributed by atoms with E-state index in [1.54, 1.807) is 12.1 Å². The molecular formula is C23H21FN2OS. The van der Waals surface area contributed by atoms with Gasteiger partial charge in [0, 0.05) is 30.7 Å². The highest BCUT2D eigenvalue weighted by Gasteiger charge is 2.27. The molecule has 2 aliphatic rings. The van der Waals surface area contributed by atoms with E-state index < -0.39 is 11.0 Å². The molecule has 0 radical (unpaired) electrons. The van der Waals surface area contributed by atoms with Crippen molar-refractivity contribution in [1.82, 2.24) is 9.29 Å². The van der Waals surface area contributed by atoms with Gasteiger partial charge < -0.3 is 4.98 Å². The summed E-state index contributed by atoms with van der Waals surface area (Å²) < 4.78 is 28.1.